The minimum absolute atomic E-state index is 0.120. The lowest BCUT2D eigenvalue weighted by atomic mass is 10.2. The van der Waals surface area contributed by atoms with Crippen molar-refractivity contribution in [2.24, 2.45) is 0 Å². The van der Waals surface area contributed by atoms with Crippen LogP contribution in [0.5, 0.6) is 0 Å². The van der Waals surface area contributed by atoms with Crippen LogP contribution in [0.25, 0.3) is 10.1 Å². The zero-order valence-corrected chi connectivity index (χ0v) is 14.6. The summed E-state index contributed by atoms with van der Waals surface area (Å²) in [6.45, 7) is -0.740. The highest BCUT2D eigenvalue weighted by atomic mass is 35.5. The lowest BCUT2D eigenvalue weighted by Crippen LogP contribution is -2.30. The van der Waals surface area contributed by atoms with E-state index in [1.54, 1.807) is 0 Å². The number of alkyl halides is 3. The molecule has 0 atom stereocenters. The summed E-state index contributed by atoms with van der Waals surface area (Å²) < 4.78 is 44.9. The fraction of sp³-hybridized carbons (Fsp3) is 0.176. The molecule has 0 N–H and O–H groups in total. The number of nitrogens with zero attached hydrogens (tertiary/aromatic N) is 1. The summed E-state index contributed by atoms with van der Waals surface area (Å²) >= 11 is 7.59. The van der Waals surface area contributed by atoms with Crippen LogP contribution in [0.2, 0.25) is 5.02 Å². The maximum Gasteiger partial charge on any atom is 0.421 e. The van der Waals surface area contributed by atoms with Gasteiger partial charge in [-0.1, -0.05) is 29.8 Å². The van der Waals surface area contributed by atoms with Crippen molar-refractivity contribution in [3.05, 3.63) is 68.4 Å². The van der Waals surface area contributed by atoms with Gasteiger partial charge in [0.05, 0.1) is 9.90 Å². The van der Waals surface area contributed by atoms with Crippen LogP contribution in [-0.2, 0) is 28.9 Å². The van der Waals surface area contributed by atoms with Crippen molar-refractivity contribution < 1.29 is 22.7 Å². The molecule has 3 aromatic rings. The van der Waals surface area contributed by atoms with E-state index >= 15 is 0 Å². The molecule has 9 heteroatoms. The first-order valence-corrected chi connectivity index (χ1v) is 8.55. The molecule has 0 saturated carbocycles. The van der Waals surface area contributed by atoms with Crippen LogP contribution < -0.4 is 5.56 Å². The van der Waals surface area contributed by atoms with Crippen LogP contribution in [-0.4, -0.2) is 10.5 Å². The first-order chi connectivity index (χ1) is 12.3. The van der Waals surface area contributed by atoms with Gasteiger partial charge >= 0.3 is 12.1 Å². The molecule has 0 unspecified atom stereocenters. The molecule has 26 heavy (non-hydrogen) atoms. The van der Waals surface area contributed by atoms with Gasteiger partial charge in [-0.15, -0.1) is 11.3 Å². The van der Waals surface area contributed by atoms with Gasteiger partial charge in [0.15, 0.2) is 0 Å². The van der Waals surface area contributed by atoms with Crippen LogP contribution in [0.1, 0.15) is 10.4 Å². The van der Waals surface area contributed by atoms with Gasteiger partial charge < -0.3 is 9.30 Å². The van der Waals surface area contributed by atoms with Crippen molar-refractivity contribution >= 4 is 39.0 Å². The Kier molecular flexibility index (Phi) is 5.06. The van der Waals surface area contributed by atoms with E-state index in [-0.39, 0.29) is 6.61 Å². The summed E-state index contributed by atoms with van der Waals surface area (Å²) in [7, 11) is 0. The standard InChI is InChI=1S/C17H11ClF3NO3S/c18-15-10-4-1-2-6-12(10)26-13(15)9-25-14(23)8-22-7-3-5-11(16(22)24)17(19,20)21/h1-7H,8-9H2. The molecule has 0 spiro atoms. The molecule has 136 valence electrons. The number of carbonyl (C=O) groups excluding carboxylic acids is 1. The van der Waals surface area contributed by atoms with E-state index in [9.17, 15) is 22.8 Å². The summed E-state index contributed by atoms with van der Waals surface area (Å²) in [6, 6.07) is 9.12. The zero-order valence-electron chi connectivity index (χ0n) is 13.0. The van der Waals surface area contributed by atoms with E-state index in [0.29, 0.717) is 20.5 Å². The number of hydrogen-bond acceptors (Lipinski definition) is 4. The summed E-state index contributed by atoms with van der Waals surface area (Å²) in [5, 5.41) is 1.30. The lowest BCUT2D eigenvalue weighted by Gasteiger charge is -2.10. The Labute approximate surface area is 154 Å². The number of pyridine rings is 1. The average molecular weight is 402 g/mol. The zero-order chi connectivity index (χ0) is 18.9. The van der Waals surface area contributed by atoms with Crippen molar-refractivity contribution in [2.45, 2.75) is 19.3 Å². The Bertz CT molecular complexity index is 1030. The Morgan fingerprint density at radius 2 is 1.92 bits per heavy atom. The number of carbonyl (C=O) groups is 1. The third-order valence-corrected chi connectivity index (χ3v) is 5.28. The molecular formula is C17H11ClF3NO3S. The van der Waals surface area contributed by atoms with E-state index in [4.69, 9.17) is 16.3 Å². The van der Waals surface area contributed by atoms with Crippen LogP contribution in [0, 0.1) is 0 Å². The van der Waals surface area contributed by atoms with Gasteiger partial charge in [0.25, 0.3) is 5.56 Å². The first kappa shape index (κ1) is 18.5. The van der Waals surface area contributed by atoms with Crippen LogP contribution in [0.4, 0.5) is 13.2 Å². The van der Waals surface area contributed by atoms with E-state index in [1.807, 2.05) is 24.3 Å². The highest BCUT2D eigenvalue weighted by Crippen LogP contribution is 2.35. The number of rotatable bonds is 4. The molecule has 0 aliphatic rings. The van der Waals surface area contributed by atoms with Crippen LogP contribution >= 0.6 is 22.9 Å². The van der Waals surface area contributed by atoms with Gasteiger partial charge in [0.1, 0.15) is 18.7 Å². The summed E-state index contributed by atoms with van der Waals surface area (Å²) in [5.74, 6) is -0.833. The van der Waals surface area contributed by atoms with E-state index < -0.39 is 29.8 Å². The number of fused-ring (bicyclic) bond motifs is 1. The molecule has 0 saturated heterocycles. The molecule has 0 aliphatic heterocycles. The van der Waals surface area contributed by atoms with Gasteiger partial charge in [-0.05, 0) is 18.2 Å². The molecule has 2 heterocycles. The minimum Gasteiger partial charge on any atom is -0.459 e. The largest absolute Gasteiger partial charge is 0.459 e. The summed E-state index contributed by atoms with van der Waals surface area (Å²) in [6.07, 6.45) is -3.68. The van der Waals surface area contributed by atoms with E-state index in [1.165, 1.54) is 11.3 Å². The van der Waals surface area contributed by atoms with E-state index in [2.05, 4.69) is 0 Å². The number of benzene rings is 1. The minimum atomic E-state index is -4.78. The molecule has 0 aliphatic carbocycles. The topological polar surface area (TPSA) is 48.3 Å². The molecule has 0 bridgehead atoms. The Morgan fingerprint density at radius 3 is 2.62 bits per heavy atom. The molecule has 0 amide bonds. The molecular weight excluding hydrogens is 391 g/mol. The Morgan fingerprint density at radius 1 is 1.19 bits per heavy atom. The predicted molar refractivity (Wildman–Crippen MR) is 92.3 cm³/mol. The van der Waals surface area contributed by atoms with Gasteiger partial charge in [-0.2, -0.15) is 13.2 Å². The third kappa shape index (κ3) is 3.76. The molecule has 2 aromatic heterocycles. The maximum atomic E-state index is 12.7. The second kappa shape index (κ2) is 7.13. The second-order valence-corrected chi connectivity index (χ2v) is 6.86. The van der Waals surface area contributed by atoms with Crippen molar-refractivity contribution in [1.29, 1.82) is 0 Å². The molecule has 4 nitrogen and oxygen atoms in total. The normalized spacial score (nSPS) is 11.7. The summed E-state index contributed by atoms with van der Waals surface area (Å²) in [4.78, 5) is 24.4. The van der Waals surface area contributed by atoms with Gasteiger partial charge in [-0.3, -0.25) is 9.59 Å². The van der Waals surface area contributed by atoms with Gasteiger partial charge in [0.2, 0.25) is 0 Å². The number of esters is 1. The highest BCUT2D eigenvalue weighted by Gasteiger charge is 2.34. The first-order valence-electron chi connectivity index (χ1n) is 7.35. The van der Waals surface area contributed by atoms with Gasteiger partial charge in [0, 0.05) is 16.3 Å². The fourth-order valence-electron chi connectivity index (χ4n) is 2.37. The van der Waals surface area contributed by atoms with Crippen LogP contribution in [0.3, 0.4) is 0 Å². The molecule has 0 fully saturated rings. The summed E-state index contributed by atoms with van der Waals surface area (Å²) in [5.41, 5.74) is -2.63. The van der Waals surface area contributed by atoms with Crippen molar-refractivity contribution in [1.82, 2.24) is 4.57 Å². The third-order valence-electron chi connectivity index (χ3n) is 3.59. The second-order valence-electron chi connectivity index (χ2n) is 5.35. The van der Waals surface area contributed by atoms with Crippen molar-refractivity contribution in [2.75, 3.05) is 0 Å². The highest BCUT2D eigenvalue weighted by molar-refractivity contribution is 7.19. The molecule has 3 rings (SSSR count). The van der Waals surface area contributed by atoms with Crippen molar-refractivity contribution in [3.8, 4) is 0 Å². The number of halogens is 4. The van der Waals surface area contributed by atoms with Gasteiger partial charge in [-0.25, -0.2) is 0 Å². The number of thiophene rings is 1. The number of ether oxygens (including phenoxy) is 1. The molecule has 0 radical (unpaired) electrons. The Balaban J connectivity index is 1.72. The van der Waals surface area contributed by atoms with E-state index in [0.717, 1.165) is 22.3 Å². The number of hydrogen-bond donors (Lipinski definition) is 0. The lowest BCUT2D eigenvalue weighted by molar-refractivity contribution is -0.146. The van der Waals surface area contributed by atoms with Crippen LogP contribution in [0.15, 0.2) is 47.4 Å². The monoisotopic (exact) mass is 401 g/mol. The molecule has 1 aromatic carbocycles. The fourth-order valence-corrected chi connectivity index (χ4v) is 3.77. The number of aromatic nitrogens is 1. The maximum absolute atomic E-state index is 12.7. The smallest absolute Gasteiger partial charge is 0.421 e. The average Bonchev–Trinajstić information content (AvgIpc) is 2.90. The Hall–Kier alpha value is -2.32. The SMILES string of the molecule is O=C(Cn1cccc(C(F)(F)F)c1=O)OCc1sc2ccccc2c1Cl. The predicted octanol–water partition coefficient (Wildman–Crippen LogP) is 4.48. The quantitative estimate of drug-likeness (QED) is 0.606. The van der Waals surface area contributed by atoms with Crippen molar-refractivity contribution in [3.63, 3.8) is 0 Å².